The number of carbonyl (C=O) groups is 1. The van der Waals surface area contributed by atoms with Crippen LogP contribution in [0.4, 0.5) is 0 Å². The minimum absolute atomic E-state index is 0.0404. The molecule has 0 saturated heterocycles. The predicted octanol–water partition coefficient (Wildman–Crippen LogP) is 4.58. The Morgan fingerprint density at radius 1 is 1.36 bits per heavy atom. The molecular formula is C19H24N4OS. The van der Waals surface area contributed by atoms with Gasteiger partial charge in [0.2, 0.25) is 0 Å². The number of nitrogens with zero attached hydrogens (tertiary/aromatic N) is 3. The number of aromatic nitrogens is 3. The average Bonchev–Trinajstić information content (AvgIpc) is 3.15. The largest absolute Gasteiger partial charge is 0.349 e. The van der Waals surface area contributed by atoms with E-state index in [0.717, 1.165) is 33.7 Å². The molecule has 1 atom stereocenters. The summed E-state index contributed by atoms with van der Waals surface area (Å²) in [5.41, 5.74) is 2.76. The van der Waals surface area contributed by atoms with Crippen molar-refractivity contribution in [3.05, 3.63) is 35.1 Å². The Kier molecular flexibility index (Phi) is 4.90. The number of rotatable bonds is 5. The van der Waals surface area contributed by atoms with Crippen LogP contribution in [0.15, 0.2) is 24.5 Å². The van der Waals surface area contributed by atoms with Crippen molar-refractivity contribution in [1.29, 1.82) is 0 Å². The SMILES string of the molecule is CCC(C)NC(=O)c1sc(-c2cn(C(C)C)c3ncccc23)nc1C. The molecule has 3 rings (SSSR count). The van der Waals surface area contributed by atoms with Gasteiger partial charge in [0.15, 0.2) is 0 Å². The summed E-state index contributed by atoms with van der Waals surface area (Å²) in [5.74, 6) is -0.0404. The van der Waals surface area contributed by atoms with Crippen LogP contribution in [0.3, 0.4) is 0 Å². The van der Waals surface area contributed by atoms with E-state index in [-0.39, 0.29) is 11.9 Å². The Hall–Kier alpha value is -2.21. The minimum Gasteiger partial charge on any atom is -0.349 e. The van der Waals surface area contributed by atoms with Crippen LogP contribution >= 0.6 is 11.3 Å². The minimum atomic E-state index is -0.0404. The second-order valence-electron chi connectivity index (χ2n) is 6.63. The lowest BCUT2D eigenvalue weighted by molar-refractivity contribution is 0.0942. The zero-order valence-corrected chi connectivity index (χ0v) is 16.1. The lowest BCUT2D eigenvalue weighted by atomic mass is 10.2. The normalized spacial score (nSPS) is 12.7. The topological polar surface area (TPSA) is 59.8 Å². The summed E-state index contributed by atoms with van der Waals surface area (Å²) in [5, 5.41) is 4.96. The first kappa shape index (κ1) is 17.6. The second-order valence-corrected chi connectivity index (χ2v) is 7.63. The number of aryl methyl sites for hydroxylation is 1. The molecule has 0 aliphatic heterocycles. The van der Waals surface area contributed by atoms with Crippen molar-refractivity contribution in [3.63, 3.8) is 0 Å². The number of amides is 1. The molecule has 0 aromatic carbocycles. The molecule has 5 nitrogen and oxygen atoms in total. The van der Waals surface area contributed by atoms with Crippen molar-refractivity contribution in [3.8, 4) is 10.6 Å². The van der Waals surface area contributed by atoms with E-state index in [1.54, 1.807) is 0 Å². The van der Waals surface area contributed by atoms with Gasteiger partial charge in [-0.3, -0.25) is 4.79 Å². The van der Waals surface area contributed by atoms with E-state index in [9.17, 15) is 4.79 Å². The fraction of sp³-hybridized carbons (Fsp3) is 0.421. The lowest BCUT2D eigenvalue weighted by Gasteiger charge is -2.09. The van der Waals surface area contributed by atoms with Crippen LogP contribution in [-0.4, -0.2) is 26.5 Å². The molecule has 0 aliphatic carbocycles. The van der Waals surface area contributed by atoms with Gasteiger partial charge in [-0.15, -0.1) is 11.3 Å². The van der Waals surface area contributed by atoms with Crippen LogP contribution in [0.5, 0.6) is 0 Å². The fourth-order valence-corrected chi connectivity index (χ4v) is 3.75. The number of carbonyl (C=O) groups excluding carboxylic acids is 1. The van der Waals surface area contributed by atoms with E-state index in [1.807, 2.05) is 26.1 Å². The highest BCUT2D eigenvalue weighted by Gasteiger charge is 2.20. The van der Waals surface area contributed by atoms with Gasteiger partial charge >= 0.3 is 0 Å². The molecule has 3 aromatic rings. The summed E-state index contributed by atoms with van der Waals surface area (Å²) in [6, 6.07) is 4.46. The standard InChI is InChI=1S/C19H24N4OS/c1-6-12(4)21-18(24)16-13(5)22-19(25-16)15-10-23(11(2)3)17-14(15)8-7-9-20-17/h7-12H,6H2,1-5H3,(H,21,24). The van der Waals surface area contributed by atoms with E-state index >= 15 is 0 Å². The molecule has 0 spiro atoms. The number of thiazole rings is 1. The van der Waals surface area contributed by atoms with Gasteiger partial charge < -0.3 is 9.88 Å². The highest BCUT2D eigenvalue weighted by molar-refractivity contribution is 7.17. The number of pyridine rings is 1. The molecule has 3 heterocycles. The molecule has 3 aromatic heterocycles. The predicted molar refractivity (Wildman–Crippen MR) is 103 cm³/mol. The zero-order chi connectivity index (χ0) is 18.1. The third-order valence-corrected chi connectivity index (χ3v) is 5.56. The number of hydrogen-bond acceptors (Lipinski definition) is 4. The molecule has 132 valence electrons. The van der Waals surface area contributed by atoms with Crippen molar-refractivity contribution in [2.75, 3.05) is 0 Å². The molecule has 0 fully saturated rings. The monoisotopic (exact) mass is 356 g/mol. The summed E-state index contributed by atoms with van der Waals surface area (Å²) in [7, 11) is 0. The van der Waals surface area contributed by atoms with Crippen LogP contribution in [0, 0.1) is 6.92 Å². The van der Waals surface area contributed by atoms with Crippen molar-refractivity contribution in [2.45, 2.75) is 53.1 Å². The van der Waals surface area contributed by atoms with Gasteiger partial charge in [0.1, 0.15) is 15.5 Å². The first-order valence-electron chi connectivity index (χ1n) is 8.66. The number of nitrogens with one attached hydrogen (secondary N) is 1. The van der Waals surface area contributed by atoms with Crippen LogP contribution < -0.4 is 5.32 Å². The smallest absolute Gasteiger partial charge is 0.263 e. The molecule has 25 heavy (non-hydrogen) atoms. The maximum Gasteiger partial charge on any atom is 0.263 e. The molecule has 0 aliphatic rings. The first-order chi connectivity index (χ1) is 11.9. The molecule has 0 radical (unpaired) electrons. The summed E-state index contributed by atoms with van der Waals surface area (Å²) in [6.07, 6.45) is 4.81. The van der Waals surface area contributed by atoms with E-state index in [4.69, 9.17) is 0 Å². The summed E-state index contributed by atoms with van der Waals surface area (Å²) in [6.45, 7) is 10.2. The molecule has 0 saturated carbocycles. The third kappa shape index (κ3) is 3.31. The average molecular weight is 356 g/mol. The highest BCUT2D eigenvalue weighted by Crippen LogP contribution is 2.35. The molecule has 6 heteroatoms. The maximum atomic E-state index is 12.5. The van der Waals surface area contributed by atoms with E-state index in [1.165, 1.54) is 11.3 Å². The molecule has 0 bridgehead atoms. The Morgan fingerprint density at radius 2 is 2.12 bits per heavy atom. The number of fused-ring (bicyclic) bond motifs is 1. The maximum absolute atomic E-state index is 12.5. The lowest BCUT2D eigenvalue weighted by Crippen LogP contribution is -2.31. The Labute approximate surface area is 152 Å². The molecule has 1 unspecified atom stereocenters. The Bertz CT molecular complexity index is 909. The van der Waals surface area contributed by atoms with Crippen molar-refractivity contribution >= 4 is 28.3 Å². The quantitative estimate of drug-likeness (QED) is 0.728. The van der Waals surface area contributed by atoms with Crippen LogP contribution in [0.25, 0.3) is 21.6 Å². The second kappa shape index (κ2) is 6.96. The Morgan fingerprint density at radius 3 is 2.80 bits per heavy atom. The van der Waals surface area contributed by atoms with E-state index in [2.05, 4.69) is 52.9 Å². The van der Waals surface area contributed by atoms with Gasteiger partial charge in [-0.1, -0.05) is 6.92 Å². The summed E-state index contributed by atoms with van der Waals surface area (Å²) < 4.78 is 2.15. The van der Waals surface area contributed by atoms with Crippen LogP contribution in [0.1, 0.15) is 55.5 Å². The third-order valence-electron chi connectivity index (χ3n) is 4.37. The van der Waals surface area contributed by atoms with E-state index < -0.39 is 0 Å². The van der Waals surface area contributed by atoms with Crippen molar-refractivity contribution in [2.24, 2.45) is 0 Å². The van der Waals surface area contributed by atoms with Crippen molar-refractivity contribution in [1.82, 2.24) is 19.9 Å². The van der Waals surface area contributed by atoms with Gasteiger partial charge in [0.05, 0.1) is 5.69 Å². The van der Waals surface area contributed by atoms with Crippen LogP contribution in [0.2, 0.25) is 0 Å². The first-order valence-corrected chi connectivity index (χ1v) is 9.48. The van der Waals surface area contributed by atoms with Crippen molar-refractivity contribution < 1.29 is 4.79 Å². The van der Waals surface area contributed by atoms with Gasteiger partial charge in [-0.25, -0.2) is 9.97 Å². The van der Waals surface area contributed by atoms with Gasteiger partial charge in [-0.2, -0.15) is 0 Å². The van der Waals surface area contributed by atoms with Gasteiger partial charge in [0.25, 0.3) is 5.91 Å². The molecular weight excluding hydrogens is 332 g/mol. The highest BCUT2D eigenvalue weighted by atomic mass is 32.1. The summed E-state index contributed by atoms with van der Waals surface area (Å²) in [4.78, 5) is 22.4. The molecule has 1 N–H and O–H groups in total. The number of hydrogen-bond donors (Lipinski definition) is 1. The Balaban J connectivity index is 2.05. The van der Waals surface area contributed by atoms with Gasteiger partial charge in [0, 0.05) is 35.4 Å². The van der Waals surface area contributed by atoms with Gasteiger partial charge in [-0.05, 0) is 46.2 Å². The molecule has 1 amide bonds. The van der Waals surface area contributed by atoms with E-state index in [0.29, 0.717) is 10.9 Å². The fourth-order valence-electron chi connectivity index (χ4n) is 2.76. The summed E-state index contributed by atoms with van der Waals surface area (Å²) >= 11 is 1.45. The zero-order valence-electron chi connectivity index (χ0n) is 15.3. The van der Waals surface area contributed by atoms with Crippen LogP contribution in [-0.2, 0) is 0 Å².